The molecule has 0 aromatic carbocycles. The molecule has 0 saturated heterocycles. The third-order valence-corrected chi connectivity index (χ3v) is 5.05. The van der Waals surface area contributed by atoms with E-state index in [1.54, 1.807) is 0 Å². The van der Waals surface area contributed by atoms with Gasteiger partial charge < -0.3 is 20.4 Å². The van der Waals surface area contributed by atoms with Crippen LogP contribution in [-0.2, 0) is 19.2 Å². The molecule has 2 unspecified atom stereocenters. The second-order valence-electron chi connectivity index (χ2n) is 5.54. The molecule has 1 saturated carbocycles. The van der Waals surface area contributed by atoms with E-state index >= 15 is 0 Å². The average molecular weight is 406 g/mol. The van der Waals surface area contributed by atoms with Crippen LogP contribution in [0.1, 0.15) is 12.8 Å². The van der Waals surface area contributed by atoms with Gasteiger partial charge in [0.25, 0.3) is 0 Å². The van der Waals surface area contributed by atoms with Gasteiger partial charge in [0.15, 0.2) is 34.2 Å². The Morgan fingerprint density at radius 3 is 1.38 bits per heavy atom. The molecule has 4 N–H and O–H groups in total. The molecule has 0 aromatic rings. The largest absolute Gasteiger partial charge is 0.481 e. The fourth-order valence-corrected chi connectivity index (χ4v) is 3.64. The molecule has 1 aliphatic carbocycles. The van der Waals surface area contributed by atoms with Crippen molar-refractivity contribution in [2.75, 3.05) is 17.6 Å². The Hall–Kier alpha value is -0.770. The first kappa shape index (κ1) is 21.3. The van der Waals surface area contributed by atoms with E-state index < -0.39 is 76.5 Å². The number of carbonyl (C=O) groups is 4. The zero-order valence-electron chi connectivity index (χ0n) is 12.2. The summed E-state index contributed by atoms with van der Waals surface area (Å²) in [7, 11) is 0. The van der Waals surface area contributed by atoms with E-state index in [1.165, 1.54) is 0 Å². The first-order valence-electron chi connectivity index (χ1n) is 6.64. The molecular weight excluding hydrogens is 390 g/mol. The lowest BCUT2D eigenvalue weighted by molar-refractivity contribution is -0.250. The summed E-state index contributed by atoms with van der Waals surface area (Å²) in [5.74, 6) is -10.1. The summed E-state index contributed by atoms with van der Waals surface area (Å²) in [6, 6.07) is 0. The number of hydrogen-bond acceptors (Lipinski definition) is 7. The molecule has 136 valence electrons. The van der Waals surface area contributed by atoms with Gasteiger partial charge >= 0.3 is 5.97 Å². The van der Waals surface area contributed by atoms with E-state index in [0.717, 1.165) is 0 Å². The summed E-state index contributed by atoms with van der Waals surface area (Å²) in [5.41, 5.74) is -9.64. The van der Waals surface area contributed by atoms with Gasteiger partial charge in [-0.05, 0) is 0 Å². The van der Waals surface area contributed by atoms with E-state index in [2.05, 4.69) is 0 Å². The average Bonchev–Trinajstić information content (AvgIpc) is 2.56. The van der Waals surface area contributed by atoms with Gasteiger partial charge in [-0.3, -0.25) is 19.2 Å². The molecule has 0 spiro atoms. The number of carboxylic acids is 1. The van der Waals surface area contributed by atoms with Crippen molar-refractivity contribution in [2.24, 2.45) is 5.92 Å². The van der Waals surface area contributed by atoms with Crippen molar-refractivity contribution in [3.63, 3.8) is 0 Å². The van der Waals surface area contributed by atoms with Crippen molar-refractivity contribution >= 4 is 58.1 Å². The fourth-order valence-electron chi connectivity index (χ4n) is 3.01. The summed E-state index contributed by atoms with van der Waals surface area (Å²) < 4.78 is 0. The molecule has 2 atom stereocenters. The Morgan fingerprint density at radius 2 is 1.12 bits per heavy atom. The fraction of sp³-hybridized carbons (Fsp3) is 0.692. The van der Waals surface area contributed by atoms with Gasteiger partial charge in [0.05, 0.1) is 23.6 Å². The normalized spacial score (nSPS) is 36.2. The molecule has 0 aliphatic heterocycles. The lowest BCUT2D eigenvalue weighted by Gasteiger charge is -2.54. The predicted molar refractivity (Wildman–Crippen MR) is 82.4 cm³/mol. The highest BCUT2D eigenvalue weighted by molar-refractivity contribution is 6.33. The van der Waals surface area contributed by atoms with Gasteiger partial charge in [-0.1, -0.05) is 0 Å². The first-order valence-corrected chi connectivity index (χ1v) is 8.24. The monoisotopic (exact) mass is 404 g/mol. The minimum absolute atomic E-state index is 0.911. The number of carboxylic acid groups (broad SMARTS) is 1. The highest BCUT2D eigenvalue weighted by atomic mass is 35.5. The molecule has 0 heterocycles. The molecule has 1 rings (SSSR count). The molecule has 8 nitrogen and oxygen atoms in total. The summed E-state index contributed by atoms with van der Waals surface area (Å²) in [6.07, 6.45) is -1.88. The number of aliphatic carboxylic acids is 1. The van der Waals surface area contributed by atoms with E-state index in [4.69, 9.17) is 34.8 Å². The van der Waals surface area contributed by atoms with Crippen LogP contribution in [0.25, 0.3) is 0 Å². The summed E-state index contributed by atoms with van der Waals surface area (Å²) >= 11 is 16.1. The van der Waals surface area contributed by atoms with Crippen LogP contribution < -0.4 is 0 Å². The Balaban J connectivity index is 3.76. The summed E-state index contributed by atoms with van der Waals surface area (Å²) in [4.78, 5) is 47.7. The molecule has 11 heteroatoms. The lowest BCUT2D eigenvalue weighted by Crippen LogP contribution is -2.80. The molecular formula is C13H15Cl3O8. The minimum atomic E-state index is -3.38. The van der Waals surface area contributed by atoms with Crippen LogP contribution in [0.2, 0.25) is 0 Å². The predicted octanol–water partition coefficient (Wildman–Crippen LogP) is -0.902. The Morgan fingerprint density at radius 1 is 0.792 bits per heavy atom. The highest BCUT2D eigenvalue weighted by Gasteiger charge is 2.74. The van der Waals surface area contributed by atoms with Crippen molar-refractivity contribution in [3.8, 4) is 0 Å². The minimum Gasteiger partial charge on any atom is -0.481 e. The van der Waals surface area contributed by atoms with Crippen LogP contribution in [0.4, 0.5) is 0 Å². The molecule has 0 radical (unpaired) electrons. The van der Waals surface area contributed by atoms with Crippen LogP contribution in [0.5, 0.6) is 0 Å². The molecule has 0 amide bonds. The van der Waals surface area contributed by atoms with Gasteiger partial charge in [-0.15, -0.1) is 34.8 Å². The topological polar surface area (TPSA) is 149 Å². The van der Waals surface area contributed by atoms with E-state index in [1.807, 2.05) is 0 Å². The molecule has 0 aromatic heterocycles. The van der Waals surface area contributed by atoms with Crippen molar-refractivity contribution in [1.82, 2.24) is 0 Å². The number of halogens is 3. The van der Waals surface area contributed by atoms with Gasteiger partial charge in [-0.2, -0.15) is 0 Å². The molecule has 1 fully saturated rings. The van der Waals surface area contributed by atoms with Crippen molar-refractivity contribution in [3.05, 3.63) is 0 Å². The number of ketones is 3. The lowest BCUT2D eigenvalue weighted by atomic mass is 9.55. The number of alkyl halides is 3. The van der Waals surface area contributed by atoms with Crippen LogP contribution >= 0.6 is 34.8 Å². The molecule has 1 aliphatic rings. The number of hydrogen-bond donors (Lipinski definition) is 4. The van der Waals surface area contributed by atoms with Crippen LogP contribution in [0, 0.1) is 5.92 Å². The summed E-state index contributed by atoms with van der Waals surface area (Å²) in [5, 5.41) is 41.3. The maximum Gasteiger partial charge on any atom is 0.306 e. The van der Waals surface area contributed by atoms with Gasteiger partial charge in [-0.25, -0.2) is 0 Å². The van der Waals surface area contributed by atoms with E-state index in [9.17, 15) is 39.6 Å². The van der Waals surface area contributed by atoms with E-state index in [-0.39, 0.29) is 0 Å². The van der Waals surface area contributed by atoms with Crippen LogP contribution in [0.15, 0.2) is 0 Å². The maximum atomic E-state index is 12.2. The van der Waals surface area contributed by atoms with Gasteiger partial charge in [0.2, 0.25) is 0 Å². The third kappa shape index (κ3) is 2.85. The second-order valence-corrected chi connectivity index (χ2v) is 6.35. The van der Waals surface area contributed by atoms with Crippen LogP contribution in [0.3, 0.4) is 0 Å². The SMILES string of the molecule is O=C(O)C1CC(O)(C(=O)CCl)C(O)(C(=O)CCl)C(O)(C(=O)CCl)C1. The zero-order chi connectivity index (χ0) is 18.9. The van der Waals surface area contributed by atoms with Crippen molar-refractivity contribution in [2.45, 2.75) is 29.6 Å². The van der Waals surface area contributed by atoms with Gasteiger partial charge in [0, 0.05) is 12.8 Å². The van der Waals surface area contributed by atoms with Crippen LogP contribution in [-0.4, -0.2) is 78.2 Å². The quantitative estimate of drug-likeness (QED) is 0.398. The molecule has 0 bridgehead atoms. The van der Waals surface area contributed by atoms with Crippen molar-refractivity contribution < 1.29 is 39.6 Å². The highest BCUT2D eigenvalue weighted by Crippen LogP contribution is 2.48. The van der Waals surface area contributed by atoms with E-state index in [0.29, 0.717) is 0 Å². The smallest absolute Gasteiger partial charge is 0.306 e. The summed E-state index contributed by atoms with van der Waals surface area (Å²) in [6.45, 7) is 0. The maximum absolute atomic E-state index is 12.2. The number of carbonyl (C=O) groups excluding carboxylic acids is 3. The number of aliphatic hydroxyl groups is 3. The first-order chi connectivity index (χ1) is 11.0. The number of rotatable bonds is 7. The Labute approximate surface area is 151 Å². The third-order valence-electron chi connectivity index (χ3n) is 4.32. The number of Topliss-reactive ketones (excluding diaryl/α,β-unsaturated/α-hetero) is 3. The Bertz CT molecular complexity index is 548. The Kier molecular flexibility index (Phi) is 6.41. The molecule has 24 heavy (non-hydrogen) atoms. The zero-order valence-corrected chi connectivity index (χ0v) is 14.4. The standard InChI is InChI=1S/C13H15Cl3O8/c14-3-7(17)11(22)1-6(10(20)21)2-12(23,8(18)4-15)13(11,24)9(19)5-16/h6,22-24H,1-5H2,(H,20,21). The van der Waals surface area contributed by atoms with Gasteiger partial charge in [0.1, 0.15) is 0 Å². The van der Waals surface area contributed by atoms with Crippen molar-refractivity contribution in [1.29, 1.82) is 0 Å². The second kappa shape index (κ2) is 7.23.